The van der Waals surface area contributed by atoms with E-state index in [0.29, 0.717) is 52.3 Å². The Hall–Kier alpha value is -4.73. The van der Waals surface area contributed by atoms with Crippen LogP contribution in [0.5, 0.6) is 23.0 Å². The fourth-order valence-electron chi connectivity index (χ4n) is 3.96. The third-order valence-corrected chi connectivity index (χ3v) is 6.87. The summed E-state index contributed by atoms with van der Waals surface area (Å²) in [6.45, 7) is 4.05. The molecule has 0 aliphatic rings. The third kappa shape index (κ3) is 8.89. The summed E-state index contributed by atoms with van der Waals surface area (Å²) in [5.41, 5.74) is 5.80. The molecule has 0 spiro atoms. The Bertz CT molecular complexity index is 1650. The van der Waals surface area contributed by atoms with Crippen molar-refractivity contribution in [3.05, 3.63) is 111 Å². The first kappa shape index (κ1) is 32.2. The summed E-state index contributed by atoms with van der Waals surface area (Å²) in [7, 11) is 1.50. The minimum Gasteiger partial charge on any atom is -0.493 e. The van der Waals surface area contributed by atoms with Crippen LogP contribution in [0.2, 0.25) is 10.0 Å². The Balaban J connectivity index is 1.37. The van der Waals surface area contributed by atoms with Gasteiger partial charge in [0.2, 0.25) is 0 Å². The van der Waals surface area contributed by atoms with E-state index in [0.717, 1.165) is 11.1 Å². The number of benzene rings is 4. The van der Waals surface area contributed by atoms with Gasteiger partial charge in [-0.25, -0.2) is 5.43 Å². The maximum Gasteiger partial charge on any atom is 0.271 e. The van der Waals surface area contributed by atoms with Gasteiger partial charge in [-0.05, 0) is 73.0 Å². The van der Waals surface area contributed by atoms with E-state index in [2.05, 4.69) is 15.8 Å². The minimum absolute atomic E-state index is 0.200. The van der Waals surface area contributed by atoms with Crippen LogP contribution in [0.25, 0.3) is 0 Å². The lowest BCUT2D eigenvalue weighted by atomic mass is 10.2. The van der Waals surface area contributed by atoms with Crippen LogP contribution in [0.15, 0.2) is 84.0 Å². The second kappa shape index (κ2) is 15.7. The van der Waals surface area contributed by atoms with Crippen LogP contribution >= 0.6 is 23.2 Å². The number of halogens is 2. The normalized spacial score (nSPS) is 10.8. The quantitative estimate of drug-likeness (QED) is 0.120. The van der Waals surface area contributed by atoms with Gasteiger partial charge in [-0.15, -0.1) is 0 Å². The molecule has 44 heavy (non-hydrogen) atoms. The van der Waals surface area contributed by atoms with Crippen molar-refractivity contribution >= 4 is 46.9 Å². The van der Waals surface area contributed by atoms with Crippen LogP contribution < -0.4 is 29.7 Å². The van der Waals surface area contributed by atoms with E-state index in [1.165, 1.54) is 13.3 Å². The number of carbonyl (C=O) groups is 2. The fourth-order valence-corrected chi connectivity index (χ4v) is 4.42. The highest BCUT2D eigenvalue weighted by molar-refractivity contribution is 6.32. The predicted molar refractivity (Wildman–Crippen MR) is 172 cm³/mol. The highest BCUT2D eigenvalue weighted by atomic mass is 35.5. The Morgan fingerprint density at radius 2 is 1.66 bits per heavy atom. The minimum atomic E-state index is -0.453. The number of methoxy groups -OCH3 is 1. The van der Waals surface area contributed by atoms with Crippen molar-refractivity contribution in [2.24, 2.45) is 5.10 Å². The van der Waals surface area contributed by atoms with Crippen LogP contribution in [-0.2, 0) is 11.4 Å². The lowest BCUT2D eigenvalue weighted by Crippen LogP contribution is -2.20. The van der Waals surface area contributed by atoms with Gasteiger partial charge in [0.1, 0.15) is 6.61 Å². The third-order valence-electron chi connectivity index (χ3n) is 6.18. The topological polar surface area (TPSA) is 107 Å². The molecule has 2 N–H and O–H groups in total. The van der Waals surface area contributed by atoms with E-state index in [1.54, 1.807) is 55.5 Å². The molecule has 4 aromatic carbocycles. The van der Waals surface area contributed by atoms with E-state index < -0.39 is 11.8 Å². The standard InChI is InChI=1S/C33H31Cl2N3O6/c1-4-42-30-15-23(14-27(35)32(30)44-20-31(39)37-25-12-10-21(2)26(34)17-25)18-36-38-33(40)24-11-13-28(29(16-24)41-3)43-19-22-8-6-5-7-9-22/h5-18H,4,19-20H2,1-3H3,(H,37,39)(H,38,40)/b36-18+. The van der Waals surface area contributed by atoms with Crippen molar-refractivity contribution in [2.75, 3.05) is 25.6 Å². The average molecular weight is 637 g/mol. The zero-order valence-corrected chi connectivity index (χ0v) is 25.9. The van der Waals surface area contributed by atoms with Crippen molar-refractivity contribution < 1.29 is 28.5 Å². The summed E-state index contributed by atoms with van der Waals surface area (Å²) in [6, 6.07) is 23.0. The molecule has 9 nitrogen and oxygen atoms in total. The average Bonchev–Trinajstić information content (AvgIpc) is 3.02. The van der Waals surface area contributed by atoms with Crippen molar-refractivity contribution in [2.45, 2.75) is 20.5 Å². The van der Waals surface area contributed by atoms with Crippen LogP contribution in [0.4, 0.5) is 5.69 Å². The summed E-state index contributed by atoms with van der Waals surface area (Å²) >= 11 is 12.6. The lowest BCUT2D eigenvalue weighted by molar-refractivity contribution is -0.118. The molecule has 228 valence electrons. The molecule has 0 aromatic heterocycles. The smallest absolute Gasteiger partial charge is 0.271 e. The van der Waals surface area contributed by atoms with Crippen LogP contribution in [0.1, 0.15) is 34.0 Å². The second-order valence-electron chi connectivity index (χ2n) is 9.40. The molecular weight excluding hydrogens is 605 g/mol. The Morgan fingerprint density at radius 1 is 0.864 bits per heavy atom. The molecule has 0 radical (unpaired) electrons. The molecule has 11 heteroatoms. The number of hydrogen-bond acceptors (Lipinski definition) is 7. The van der Waals surface area contributed by atoms with Gasteiger partial charge in [0.15, 0.2) is 29.6 Å². The number of nitrogens with one attached hydrogen (secondary N) is 2. The molecule has 0 atom stereocenters. The molecule has 0 fully saturated rings. The maximum atomic E-state index is 12.8. The second-order valence-corrected chi connectivity index (χ2v) is 10.2. The van der Waals surface area contributed by atoms with Gasteiger partial charge in [0.05, 0.1) is 25.0 Å². The van der Waals surface area contributed by atoms with E-state index in [1.807, 2.05) is 37.3 Å². The summed E-state index contributed by atoms with van der Waals surface area (Å²) in [5.74, 6) is 0.588. The summed E-state index contributed by atoms with van der Waals surface area (Å²) in [6.07, 6.45) is 1.42. The first-order valence-electron chi connectivity index (χ1n) is 13.6. The maximum absolute atomic E-state index is 12.8. The van der Waals surface area contributed by atoms with Crippen molar-refractivity contribution in [3.8, 4) is 23.0 Å². The molecule has 4 rings (SSSR count). The van der Waals surface area contributed by atoms with E-state index in [9.17, 15) is 9.59 Å². The number of carbonyl (C=O) groups excluding carboxylic acids is 2. The van der Waals surface area contributed by atoms with Gasteiger partial charge < -0.3 is 24.3 Å². The zero-order chi connectivity index (χ0) is 31.5. The van der Waals surface area contributed by atoms with E-state index in [4.69, 9.17) is 42.1 Å². The molecule has 4 aromatic rings. The molecule has 0 saturated heterocycles. The van der Waals surface area contributed by atoms with Gasteiger partial charge in [-0.2, -0.15) is 5.10 Å². The molecule has 0 saturated carbocycles. The number of amides is 2. The molecule has 0 aliphatic carbocycles. The lowest BCUT2D eigenvalue weighted by Gasteiger charge is -2.14. The van der Waals surface area contributed by atoms with Gasteiger partial charge >= 0.3 is 0 Å². The first-order chi connectivity index (χ1) is 21.3. The SMILES string of the molecule is CCOc1cc(/C=N/NC(=O)c2ccc(OCc3ccccc3)c(OC)c2)cc(Cl)c1OCC(=O)Nc1ccc(C)c(Cl)c1. The number of ether oxygens (including phenoxy) is 4. The zero-order valence-electron chi connectivity index (χ0n) is 24.4. The highest BCUT2D eigenvalue weighted by Gasteiger charge is 2.15. The number of rotatable bonds is 13. The van der Waals surface area contributed by atoms with Crippen LogP contribution in [0.3, 0.4) is 0 Å². The monoisotopic (exact) mass is 635 g/mol. The number of anilines is 1. The largest absolute Gasteiger partial charge is 0.493 e. The van der Waals surface area contributed by atoms with Crippen molar-refractivity contribution in [1.29, 1.82) is 0 Å². The van der Waals surface area contributed by atoms with Crippen LogP contribution in [0, 0.1) is 6.92 Å². The molecule has 2 amide bonds. The summed E-state index contributed by atoms with van der Waals surface area (Å²) in [4.78, 5) is 25.2. The number of nitrogens with zero attached hydrogens (tertiary/aromatic N) is 1. The van der Waals surface area contributed by atoms with Gasteiger partial charge in [0.25, 0.3) is 11.8 Å². The summed E-state index contributed by atoms with van der Waals surface area (Å²) < 4.78 is 22.7. The van der Waals surface area contributed by atoms with Crippen LogP contribution in [-0.4, -0.2) is 38.4 Å². The van der Waals surface area contributed by atoms with Gasteiger partial charge in [0, 0.05) is 16.3 Å². The number of hydrogen-bond donors (Lipinski definition) is 2. The predicted octanol–water partition coefficient (Wildman–Crippen LogP) is 7.07. The molecule has 0 heterocycles. The van der Waals surface area contributed by atoms with E-state index >= 15 is 0 Å². The van der Waals surface area contributed by atoms with Gasteiger partial charge in [-0.3, -0.25) is 9.59 Å². The Kier molecular flexibility index (Phi) is 11.5. The fraction of sp³-hybridized carbons (Fsp3) is 0.182. The Morgan fingerprint density at radius 3 is 2.39 bits per heavy atom. The van der Waals surface area contributed by atoms with E-state index in [-0.39, 0.29) is 17.4 Å². The highest BCUT2D eigenvalue weighted by Crippen LogP contribution is 2.36. The van der Waals surface area contributed by atoms with Crippen molar-refractivity contribution in [3.63, 3.8) is 0 Å². The first-order valence-corrected chi connectivity index (χ1v) is 14.4. The summed E-state index contributed by atoms with van der Waals surface area (Å²) in [5, 5.41) is 7.52. The Labute approximate surface area is 265 Å². The number of hydrazone groups is 1. The molecule has 0 aliphatic heterocycles. The molecule has 0 bridgehead atoms. The van der Waals surface area contributed by atoms with Crippen molar-refractivity contribution in [1.82, 2.24) is 5.43 Å². The number of aryl methyl sites for hydroxylation is 1. The molecule has 0 unspecified atom stereocenters. The molecular formula is C33H31Cl2N3O6. The van der Waals surface area contributed by atoms with Gasteiger partial charge in [-0.1, -0.05) is 59.6 Å².